The largest absolute Gasteiger partial charge is 0.351 e. The summed E-state index contributed by atoms with van der Waals surface area (Å²) in [6, 6.07) is 16.7. The van der Waals surface area contributed by atoms with Gasteiger partial charge in [-0.1, -0.05) is 42.5 Å². The van der Waals surface area contributed by atoms with Crippen LogP contribution in [-0.2, 0) is 33.1 Å². The zero-order valence-electron chi connectivity index (χ0n) is 23.8. The summed E-state index contributed by atoms with van der Waals surface area (Å²) in [5.74, 6) is 0.303. The maximum absolute atomic E-state index is 14.4. The van der Waals surface area contributed by atoms with Crippen LogP contribution in [0.15, 0.2) is 92.8 Å². The van der Waals surface area contributed by atoms with Crippen LogP contribution in [0, 0.1) is 13.0 Å². The van der Waals surface area contributed by atoms with Crippen LogP contribution in [0.1, 0.15) is 28.3 Å². The summed E-state index contributed by atoms with van der Waals surface area (Å²) in [6.45, 7) is 1.91. The summed E-state index contributed by atoms with van der Waals surface area (Å²) >= 11 is 0. The fourth-order valence-corrected chi connectivity index (χ4v) is 5.99. The normalized spacial score (nSPS) is 12.1. The first-order valence-corrected chi connectivity index (χ1v) is 16.1. The fraction of sp³-hybridized carbons (Fsp3) is 0.103. The molecule has 236 valence electrons. The van der Waals surface area contributed by atoms with Crippen molar-refractivity contribution >= 4 is 54.1 Å². The molecule has 4 aromatic carbocycles. The van der Waals surface area contributed by atoms with Crippen LogP contribution in [-0.4, -0.2) is 46.9 Å². The van der Waals surface area contributed by atoms with Crippen LogP contribution in [0.3, 0.4) is 0 Å². The van der Waals surface area contributed by atoms with Gasteiger partial charge in [-0.25, -0.2) is 9.78 Å². The molecule has 14 nitrogen and oxygen atoms in total. The third kappa shape index (κ3) is 7.52. The van der Waals surface area contributed by atoms with E-state index in [4.69, 9.17) is 5.73 Å². The number of carbonyl (C=O) groups is 1. The molecule has 0 fully saturated rings. The number of azo groups is 1. The standard InChI is InChI=1S/C29H24FN7O7S2/c1-16-5-2-3-6-18(16)14-27-33-26(34-28(30)35-27)12-17-9-10-21(32-29(31)38)22(11-17)36-37-23-15-20-19(13-25(23)46(42,43)44)7-4-8-24(20)45(39,40)41/h2-11,13,15H,12,14H2,1H3,(H3,31,32,38)(H,39,40,41)(H,42,43,44). The molecule has 17 heteroatoms. The van der Waals surface area contributed by atoms with Crippen molar-refractivity contribution in [1.29, 1.82) is 0 Å². The number of nitrogens with zero attached hydrogens (tertiary/aromatic N) is 5. The molecule has 5 N–H and O–H groups in total. The number of anilines is 1. The van der Waals surface area contributed by atoms with Gasteiger partial charge in [0.1, 0.15) is 32.8 Å². The molecule has 5 rings (SSSR count). The number of primary amides is 1. The molecule has 0 saturated carbocycles. The van der Waals surface area contributed by atoms with E-state index in [0.29, 0.717) is 5.56 Å². The van der Waals surface area contributed by atoms with Gasteiger partial charge in [0.25, 0.3) is 20.2 Å². The van der Waals surface area contributed by atoms with Crippen LogP contribution >= 0.6 is 0 Å². The summed E-state index contributed by atoms with van der Waals surface area (Å²) < 4.78 is 82.3. The van der Waals surface area contributed by atoms with Crippen LogP contribution in [0.4, 0.5) is 26.2 Å². The number of aromatic nitrogens is 3. The number of fused-ring (bicyclic) bond motifs is 1. The summed E-state index contributed by atoms with van der Waals surface area (Å²) in [6.07, 6.45) is -0.719. The van der Waals surface area contributed by atoms with Crippen LogP contribution < -0.4 is 11.1 Å². The van der Waals surface area contributed by atoms with Crippen molar-refractivity contribution in [3.05, 3.63) is 107 Å². The van der Waals surface area contributed by atoms with Gasteiger partial charge in [0.2, 0.25) is 0 Å². The average Bonchev–Trinajstić information content (AvgIpc) is 2.96. The monoisotopic (exact) mass is 665 g/mol. The lowest BCUT2D eigenvalue weighted by Gasteiger charge is -2.10. The van der Waals surface area contributed by atoms with Gasteiger partial charge >= 0.3 is 12.1 Å². The van der Waals surface area contributed by atoms with Crippen molar-refractivity contribution in [2.45, 2.75) is 29.6 Å². The zero-order valence-corrected chi connectivity index (χ0v) is 25.4. The fourth-order valence-electron chi connectivity index (χ4n) is 4.65. The maximum Gasteiger partial charge on any atom is 0.316 e. The molecule has 46 heavy (non-hydrogen) atoms. The van der Waals surface area contributed by atoms with Crippen molar-refractivity contribution in [3.8, 4) is 0 Å². The highest BCUT2D eigenvalue weighted by Gasteiger charge is 2.21. The van der Waals surface area contributed by atoms with E-state index in [1.165, 1.54) is 24.3 Å². The minimum atomic E-state index is -4.90. The molecule has 0 aliphatic carbocycles. The number of halogens is 1. The number of carbonyl (C=O) groups excluding carboxylic acids is 1. The second kappa shape index (κ2) is 12.6. The maximum atomic E-state index is 14.4. The third-order valence-corrected chi connectivity index (χ3v) is 8.53. The van der Waals surface area contributed by atoms with Crippen molar-refractivity contribution in [3.63, 3.8) is 0 Å². The number of hydrogen-bond acceptors (Lipinski definition) is 10. The molecule has 0 aliphatic heterocycles. The number of nitrogens with one attached hydrogen (secondary N) is 1. The smallest absolute Gasteiger partial charge is 0.316 e. The predicted molar refractivity (Wildman–Crippen MR) is 164 cm³/mol. The molecule has 2 amide bonds. The minimum absolute atomic E-state index is 0.0104. The van der Waals surface area contributed by atoms with Gasteiger partial charge in [0, 0.05) is 18.2 Å². The van der Waals surface area contributed by atoms with Crippen molar-refractivity contribution in [1.82, 2.24) is 15.0 Å². The molecule has 1 aromatic heterocycles. The topological polar surface area (TPSA) is 227 Å². The van der Waals surface area contributed by atoms with Crippen LogP contribution in [0.5, 0.6) is 0 Å². The number of urea groups is 1. The lowest BCUT2D eigenvalue weighted by Crippen LogP contribution is -2.19. The first-order chi connectivity index (χ1) is 21.7. The molecular weight excluding hydrogens is 641 g/mol. The van der Waals surface area contributed by atoms with E-state index in [1.54, 1.807) is 6.07 Å². The Morgan fingerprint density at radius 1 is 0.826 bits per heavy atom. The highest BCUT2D eigenvalue weighted by atomic mass is 32.2. The molecule has 0 unspecified atom stereocenters. The van der Waals surface area contributed by atoms with E-state index in [1.807, 2.05) is 31.2 Å². The van der Waals surface area contributed by atoms with Gasteiger partial charge in [0.15, 0.2) is 0 Å². The van der Waals surface area contributed by atoms with Crippen molar-refractivity contribution in [2.24, 2.45) is 16.0 Å². The van der Waals surface area contributed by atoms with Crippen molar-refractivity contribution in [2.75, 3.05) is 5.32 Å². The molecule has 0 aliphatic rings. The molecule has 0 saturated heterocycles. The second-order valence-electron chi connectivity index (χ2n) is 10.0. The quantitative estimate of drug-likeness (QED) is 0.121. The molecular formula is C29H24FN7O7S2. The Morgan fingerprint density at radius 3 is 2.17 bits per heavy atom. The van der Waals surface area contributed by atoms with Gasteiger partial charge in [-0.2, -0.15) is 31.2 Å². The SMILES string of the molecule is Cc1ccccc1Cc1nc(F)nc(Cc2ccc(NC(N)=O)c(N=Nc3cc4c(S(=O)(=O)O)cccc4cc3S(=O)(=O)O)c2)n1. The molecule has 0 bridgehead atoms. The van der Waals surface area contributed by atoms with E-state index in [0.717, 1.165) is 29.3 Å². The van der Waals surface area contributed by atoms with Crippen LogP contribution in [0.2, 0.25) is 0 Å². The first kappa shape index (κ1) is 32.2. The number of aryl methyl sites for hydroxylation is 1. The Labute approximate surface area is 261 Å². The Balaban J connectivity index is 1.55. The zero-order chi connectivity index (χ0) is 33.2. The summed E-state index contributed by atoms with van der Waals surface area (Å²) in [5.41, 5.74) is 7.17. The highest BCUT2D eigenvalue weighted by molar-refractivity contribution is 7.86. The Bertz CT molecular complexity index is 2260. The van der Waals surface area contributed by atoms with E-state index >= 15 is 0 Å². The van der Waals surface area contributed by atoms with E-state index in [9.17, 15) is 35.1 Å². The van der Waals surface area contributed by atoms with Gasteiger partial charge in [-0.05, 0) is 59.3 Å². The average molecular weight is 666 g/mol. The molecule has 0 spiro atoms. The van der Waals surface area contributed by atoms with Gasteiger partial charge in [-0.3, -0.25) is 9.11 Å². The first-order valence-electron chi connectivity index (χ1n) is 13.2. The van der Waals surface area contributed by atoms with Gasteiger partial charge in [0.05, 0.1) is 5.69 Å². The lowest BCUT2D eigenvalue weighted by molar-refractivity contribution is 0.259. The number of benzene rings is 4. The second-order valence-corrected chi connectivity index (χ2v) is 12.8. The number of rotatable bonds is 9. The highest BCUT2D eigenvalue weighted by Crippen LogP contribution is 2.35. The Morgan fingerprint density at radius 2 is 1.50 bits per heavy atom. The van der Waals surface area contributed by atoms with E-state index < -0.39 is 47.8 Å². The lowest BCUT2D eigenvalue weighted by atomic mass is 10.1. The molecule has 1 heterocycles. The minimum Gasteiger partial charge on any atom is -0.351 e. The third-order valence-electron chi connectivity index (χ3n) is 6.73. The Kier molecular flexibility index (Phi) is 8.84. The van der Waals surface area contributed by atoms with Crippen LogP contribution in [0.25, 0.3) is 10.8 Å². The van der Waals surface area contributed by atoms with Crippen molar-refractivity contribution < 1.29 is 35.1 Å². The molecule has 0 atom stereocenters. The number of nitrogens with two attached hydrogens (primary N) is 1. The number of hydrogen-bond donors (Lipinski definition) is 4. The van der Waals surface area contributed by atoms with Gasteiger partial charge < -0.3 is 11.1 Å². The van der Waals surface area contributed by atoms with E-state index in [2.05, 4.69) is 30.5 Å². The summed E-state index contributed by atoms with van der Waals surface area (Å²) in [7, 11) is -9.63. The molecule has 0 radical (unpaired) electrons. The summed E-state index contributed by atoms with van der Waals surface area (Å²) in [4.78, 5) is 22.4. The summed E-state index contributed by atoms with van der Waals surface area (Å²) in [5, 5.41) is 10.3. The Hall–Kier alpha value is -5.23. The van der Waals surface area contributed by atoms with E-state index in [-0.39, 0.29) is 46.6 Å². The predicted octanol–water partition coefficient (Wildman–Crippen LogP) is 5.05. The number of amides is 2. The van der Waals surface area contributed by atoms with Gasteiger partial charge in [-0.15, -0.1) is 10.2 Å². The molecule has 5 aromatic rings.